The van der Waals surface area contributed by atoms with Crippen molar-refractivity contribution in [2.45, 2.75) is 0 Å². The van der Waals surface area contributed by atoms with E-state index in [0.717, 1.165) is 22.7 Å². The lowest BCUT2D eigenvalue weighted by Gasteiger charge is -2.26. The molecule has 0 heterocycles. The summed E-state index contributed by atoms with van der Waals surface area (Å²) in [5.41, 5.74) is 4.53. The Morgan fingerprint density at radius 2 is 0.931 bits per heavy atom. The van der Waals surface area contributed by atoms with Crippen LogP contribution in [-0.4, -0.2) is 7.05 Å². The normalized spacial score (nSPS) is 10.9. The molecule has 0 bridgehead atoms. The van der Waals surface area contributed by atoms with Crippen molar-refractivity contribution in [1.82, 2.24) is 0 Å². The zero-order chi connectivity index (χ0) is 19.6. The van der Waals surface area contributed by atoms with E-state index in [1.54, 1.807) is 0 Å². The first-order chi connectivity index (χ1) is 14.3. The molecule has 0 aliphatic heterocycles. The summed E-state index contributed by atoms with van der Waals surface area (Å²) in [6, 6.07) is 38.9. The highest BCUT2D eigenvalue weighted by Gasteiger charge is 2.13. The van der Waals surface area contributed by atoms with Gasteiger partial charge in [-0.1, -0.05) is 60.7 Å². The van der Waals surface area contributed by atoms with Gasteiger partial charge in [-0.3, -0.25) is 0 Å². The number of anilines is 4. The molecular weight excluding hydrogens is 352 g/mol. The molecule has 0 atom stereocenters. The van der Waals surface area contributed by atoms with Gasteiger partial charge in [-0.05, 0) is 70.1 Å². The summed E-state index contributed by atoms with van der Waals surface area (Å²) in [5, 5.41) is 8.18. The van der Waals surface area contributed by atoms with E-state index < -0.39 is 0 Å². The standard InChI is InChI=1S/C27H22N2/c1-28-24-12-16-25(17-13-24)29(26-14-10-20-6-2-4-8-22(20)18-26)27-15-11-21-7-3-5-9-23(21)19-27/h2-19,28H,1H3. The van der Waals surface area contributed by atoms with E-state index in [0.29, 0.717) is 0 Å². The summed E-state index contributed by atoms with van der Waals surface area (Å²) in [6.07, 6.45) is 0. The summed E-state index contributed by atoms with van der Waals surface area (Å²) in [5.74, 6) is 0. The molecule has 0 amide bonds. The second-order valence-corrected chi connectivity index (χ2v) is 7.20. The first-order valence-electron chi connectivity index (χ1n) is 9.87. The Bertz CT molecular complexity index is 1210. The predicted octanol–water partition coefficient (Wildman–Crippen LogP) is 7.50. The first-order valence-corrected chi connectivity index (χ1v) is 9.87. The van der Waals surface area contributed by atoms with Crippen LogP contribution in [0.5, 0.6) is 0 Å². The van der Waals surface area contributed by atoms with Gasteiger partial charge in [0.2, 0.25) is 0 Å². The van der Waals surface area contributed by atoms with Gasteiger partial charge in [-0.25, -0.2) is 0 Å². The van der Waals surface area contributed by atoms with E-state index in [1.807, 2.05) is 7.05 Å². The predicted molar refractivity (Wildman–Crippen MR) is 126 cm³/mol. The number of rotatable bonds is 4. The molecule has 0 aliphatic rings. The molecule has 140 valence electrons. The minimum atomic E-state index is 1.10. The number of nitrogens with zero attached hydrogens (tertiary/aromatic N) is 1. The highest BCUT2D eigenvalue weighted by Crippen LogP contribution is 2.37. The topological polar surface area (TPSA) is 15.3 Å². The highest BCUT2D eigenvalue weighted by molar-refractivity contribution is 5.92. The van der Waals surface area contributed by atoms with Crippen LogP contribution >= 0.6 is 0 Å². The van der Waals surface area contributed by atoms with E-state index in [1.165, 1.54) is 21.5 Å². The number of hydrogen-bond acceptors (Lipinski definition) is 2. The average molecular weight is 374 g/mol. The van der Waals surface area contributed by atoms with Crippen LogP contribution in [0, 0.1) is 0 Å². The van der Waals surface area contributed by atoms with E-state index in [4.69, 9.17) is 0 Å². The molecule has 0 saturated carbocycles. The van der Waals surface area contributed by atoms with Gasteiger partial charge in [0.25, 0.3) is 0 Å². The molecule has 5 aromatic carbocycles. The lowest BCUT2D eigenvalue weighted by atomic mass is 10.1. The average Bonchev–Trinajstić information content (AvgIpc) is 2.79. The van der Waals surface area contributed by atoms with Crippen LogP contribution in [0.2, 0.25) is 0 Å². The molecule has 2 heteroatoms. The van der Waals surface area contributed by atoms with Crippen molar-refractivity contribution in [3.63, 3.8) is 0 Å². The second kappa shape index (κ2) is 7.33. The van der Waals surface area contributed by atoms with Crippen LogP contribution in [0.25, 0.3) is 21.5 Å². The van der Waals surface area contributed by atoms with Crippen molar-refractivity contribution < 1.29 is 0 Å². The molecule has 0 aromatic heterocycles. The number of benzene rings is 5. The molecule has 0 radical (unpaired) electrons. The van der Waals surface area contributed by atoms with Crippen LogP contribution in [0.15, 0.2) is 109 Å². The van der Waals surface area contributed by atoms with E-state index in [2.05, 4.69) is 119 Å². The molecule has 29 heavy (non-hydrogen) atoms. The summed E-state index contributed by atoms with van der Waals surface area (Å²) in [6.45, 7) is 0. The van der Waals surface area contributed by atoms with Gasteiger partial charge in [0.05, 0.1) is 0 Å². The SMILES string of the molecule is CNc1ccc(N(c2ccc3ccccc3c2)c2ccc3ccccc3c2)cc1. The second-order valence-electron chi connectivity index (χ2n) is 7.20. The molecule has 5 rings (SSSR count). The number of hydrogen-bond donors (Lipinski definition) is 1. The Balaban J connectivity index is 1.70. The van der Waals surface area contributed by atoms with E-state index >= 15 is 0 Å². The van der Waals surface area contributed by atoms with Gasteiger partial charge in [-0.2, -0.15) is 0 Å². The molecule has 0 unspecified atom stereocenters. The van der Waals surface area contributed by atoms with Crippen LogP contribution in [-0.2, 0) is 0 Å². The lowest BCUT2D eigenvalue weighted by Crippen LogP contribution is -2.10. The van der Waals surface area contributed by atoms with Crippen LogP contribution < -0.4 is 10.2 Å². The van der Waals surface area contributed by atoms with Gasteiger partial charge in [-0.15, -0.1) is 0 Å². The Morgan fingerprint density at radius 1 is 0.483 bits per heavy atom. The molecule has 0 spiro atoms. The van der Waals surface area contributed by atoms with E-state index in [9.17, 15) is 0 Å². The minimum absolute atomic E-state index is 1.10. The zero-order valence-electron chi connectivity index (χ0n) is 16.3. The summed E-state index contributed by atoms with van der Waals surface area (Å²) < 4.78 is 0. The van der Waals surface area contributed by atoms with Crippen LogP contribution in [0.4, 0.5) is 22.7 Å². The maximum Gasteiger partial charge on any atom is 0.0468 e. The van der Waals surface area contributed by atoms with Crippen molar-refractivity contribution in [2.24, 2.45) is 0 Å². The molecule has 2 nitrogen and oxygen atoms in total. The zero-order valence-corrected chi connectivity index (χ0v) is 16.3. The highest BCUT2D eigenvalue weighted by atomic mass is 15.1. The van der Waals surface area contributed by atoms with E-state index in [-0.39, 0.29) is 0 Å². The number of fused-ring (bicyclic) bond motifs is 2. The lowest BCUT2D eigenvalue weighted by molar-refractivity contribution is 1.29. The quantitative estimate of drug-likeness (QED) is 0.350. The molecule has 5 aromatic rings. The summed E-state index contributed by atoms with van der Waals surface area (Å²) >= 11 is 0. The summed E-state index contributed by atoms with van der Waals surface area (Å²) in [4.78, 5) is 2.32. The molecule has 0 fully saturated rings. The third-order valence-electron chi connectivity index (χ3n) is 5.40. The first kappa shape index (κ1) is 17.3. The van der Waals surface area contributed by atoms with Crippen molar-refractivity contribution in [1.29, 1.82) is 0 Å². The Labute approximate surface area is 171 Å². The Morgan fingerprint density at radius 3 is 1.41 bits per heavy atom. The Kier molecular flexibility index (Phi) is 4.38. The maximum atomic E-state index is 3.20. The van der Waals surface area contributed by atoms with Gasteiger partial charge in [0, 0.05) is 29.8 Å². The van der Waals surface area contributed by atoms with Gasteiger partial charge in [0.15, 0.2) is 0 Å². The van der Waals surface area contributed by atoms with Gasteiger partial charge in [0.1, 0.15) is 0 Å². The van der Waals surface area contributed by atoms with Crippen LogP contribution in [0.1, 0.15) is 0 Å². The van der Waals surface area contributed by atoms with Crippen molar-refractivity contribution >= 4 is 44.3 Å². The fourth-order valence-corrected chi connectivity index (χ4v) is 3.86. The monoisotopic (exact) mass is 374 g/mol. The van der Waals surface area contributed by atoms with Crippen molar-refractivity contribution in [3.8, 4) is 0 Å². The molecule has 0 aliphatic carbocycles. The number of nitrogens with one attached hydrogen (secondary N) is 1. The van der Waals surface area contributed by atoms with Crippen molar-refractivity contribution in [2.75, 3.05) is 17.3 Å². The third kappa shape index (κ3) is 3.30. The maximum absolute atomic E-state index is 3.20. The fraction of sp³-hybridized carbons (Fsp3) is 0.0370. The largest absolute Gasteiger partial charge is 0.388 e. The summed E-state index contributed by atoms with van der Waals surface area (Å²) in [7, 11) is 1.94. The van der Waals surface area contributed by atoms with Crippen LogP contribution in [0.3, 0.4) is 0 Å². The fourth-order valence-electron chi connectivity index (χ4n) is 3.86. The third-order valence-corrected chi connectivity index (χ3v) is 5.40. The molecular formula is C27H22N2. The smallest absolute Gasteiger partial charge is 0.0468 e. The Hall–Kier alpha value is -3.78. The van der Waals surface area contributed by atoms with Gasteiger partial charge >= 0.3 is 0 Å². The van der Waals surface area contributed by atoms with Crippen molar-refractivity contribution in [3.05, 3.63) is 109 Å². The van der Waals surface area contributed by atoms with Gasteiger partial charge < -0.3 is 10.2 Å². The molecule has 1 N–H and O–H groups in total. The minimum Gasteiger partial charge on any atom is -0.388 e. The molecule has 0 saturated heterocycles.